The van der Waals surface area contributed by atoms with Crippen LogP contribution in [0.2, 0.25) is 0 Å². The zero-order chi connectivity index (χ0) is 13.1. The normalized spacial score (nSPS) is 8.12. The van der Waals surface area contributed by atoms with Crippen LogP contribution in [0.3, 0.4) is 0 Å². The van der Waals surface area contributed by atoms with Gasteiger partial charge in [0.1, 0.15) is 11.9 Å². The number of carbonyl (C=O) groups is 4. The summed E-state index contributed by atoms with van der Waals surface area (Å²) in [7, 11) is 0. The van der Waals surface area contributed by atoms with Gasteiger partial charge in [0, 0.05) is 12.8 Å². The molecule has 0 amide bonds. The zero-order valence-electron chi connectivity index (χ0n) is 9.78. The number of aliphatic carboxylic acids is 2. The van der Waals surface area contributed by atoms with E-state index in [4.69, 9.17) is 0 Å². The number of rotatable bonds is 6. The first-order valence-electron chi connectivity index (χ1n) is 4.85. The molecule has 0 saturated heterocycles. The Bertz CT molecular complexity index is 246. The van der Waals surface area contributed by atoms with Gasteiger partial charge in [0.05, 0.1) is 0 Å². The molecular formula is C10H14O6Zr. The van der Waals surface area contributed by atoms with E-state index in [1.165, 1.54) is 0 Å². The second-order valence-electron chi connectivity index (χ2n) is 2.92. The molecule has 7 heteroatoms. The van der Waals surface area contributed by atoms with Gasteiger partial charge in [0.2, 0.25) is 0 Å². The Hall–Kier alpha value is -0.837. The van der Waals surface area contributed by atoms with Crippen molar-refractivity contribution in [2.75, 3.05) is 0 Å². The van der Waals surface area contributed by atoms with Crippen LogP contribution in [0.15, 0.2) is 0 Å². The maximum Gasteiger partial charge on any atom is 2.00 e. The fraction of sp³-hybridized carbons (Fsp3) is 0.600. The topological polar surface area (TPSA) is 114 Å². The summed E-state index contributed by atoms with van der Waals surface area (Å²) in [5, 5.41) is 19.3. The molecule has 0 radical (unpaired) electrons. The van der Waals surface area contributed by atoms with Crippen LogP contribution < -0.4 is 10.2 Å². The number of ketones is 2. The van der Waals surface area contributed by atoms with Crippen LogP contribution in [-0.2, 0) is 45.4 Å². The minimum Gasteiger partial charge on any atom is -0.542 e. The summed E-state index contributed by atoms with van der Waals surface area (Å²) in [6.45, 7) is 3.47. The Balaban J connectivity index is -0.000000218. The smallest absolute Gasteiger partial charge is 0.542 e. The molecule has 0 aromatic heterocycles. The number of carbonyl (C=O) groups excluding carboxylic acids is 4. The van der Waals surface area contributed by atoms with Crippen LogP contribution in [0.5, 0.6) is 0 Å². The summed E-state index contributed by atoms with van der Waals surface area (Å²) in [6.07, 6.45) is 1.30. The van der Waals surface area contributed by atoms with Crippen LogP contribution in [-0.4, -0.2) is 23.5 Å². The molecule has 0 aliphatic carbocycles. The van der Waals surface area contributed by atoms with Crippen molar-refractivity contribution in [2.45, 2.75) is 39.5 Å². The van der Waals surface area contributed by atoms with E-state index < -0.39 is 23.5 Å². The summed E-state index contributed by atoms with van der Waals surface area (Å²) in [6, 6.07) is 0. The summed E-state index contributed by atoms with van der Waals surface area (Å²) in [5.41, 5.74) is 0. The van der Waals surface area contributed by atoms with E-state index in [1.54, 1.807) is 13.8 Å². The molecule has 0 spiro atoms. The van der Waals surface area contributed by atoms with Gasteiger partial charge in [-0.1, -0.05) is 13.8 Å². The average molecular weight is 321 g/mol. The van der Waals surface area contributed by atoms with Gasteiger partial charge >= 0.3 is 26.2 Å². The Morgan fingerprint density at radius 1 is 0.765 bits per heavy atom. The minimum absolute atomic E-state index is 0. The Labute approximate surface area is 119 Å². The largest absolute Gasteiger partial charge is 2.00 e. The van der Waals surface area contributed by atoms with Gasteiger partial charge in [-0.25, -0.2) is 0 Å². The maximum absolute atomic E-state index is 10.1. The molecule has 0 aliphatic rings. The molecule has 0 rings (SSSR count). The van der Waals surface area contributed by atoms with E-state index in [-0.39, 0.29) is 39.0 Å². The van der Waals surface area contributed by atoms with E-state index in [9.17, 15) is 29.4 Å². The van der Waals surface area contributed by atoms with Gasteiger partial charge < -0.3 is 19.8 Å². The number of Topliss-reactive ketones (excluding diaryl/α,β-unsaturated/α-hetero) is 2. The first-order chi connectivity index (χ1) is 7.36. The van der Waals surface area contributed by atoms with Crippen molar-refractivity contribution in [1.29, 1.82) is 0 Å². The third-order valence-corrected chi connectivity index (χ3v) is 1.41. The fourth-order valence-electron chi connectivity index (χ4n) is 0.658. The third kappa shape index (κ3) is 15.2. The van der Waals surface area contributed by atoms with E-state index in [0.717, 1.165) is 0 Å². The third-order valence-electron chi connectivity index (χ3n) is 1.41. The summed E-state index contributed by atoms with van der Waals surface area (Å²) in [4.78, 5) is 39.4. The molecule has 0 fully saturated rings. The van der Waals surface area contributed by atoms with Crippen molar-refractivity contribution in [1.82, 2.24) is 0 Å². The van der Waals surface area contributed by atoms with Gasteiger partial charge in [-0.3, -0.25) is 9.59 Å². The van der Waals surface area contributed by atoms with Gasteiger partial charge in [-0.2, -0.15) is 0 Å². The van der Waals surface area contributed by atoms with Crippen molar-refractivity contribution in [3.63, 3.8) is 0 Å². The molecule has 0 aliphatic heterocycles. The standard InChI is InChI=1S/2C5H8O3.Zr/c2*1-2-3-4(6)5(7)8;/h2*2-3H2,1H3,(H,7,8);/q;;+2/p-2. The van der Waals surface area contributed by atoms with Crippen LogP contribution in [0.1, 0.15) is 39.5 Å². The molecule has 0 heterocycles. The number of hydrogen-bond acceptors (Lipinski definition) is 6. The predicted octanol–water partition coefficient (Wildman–Crippen LogP) is -1.79. The second kappa shape index (κ2) is 13.2. The van der Waals surface area contributed by atoms with Crippen LogP contribution in [0.4, 0.5) is 0 Å². The van der Waals surface area contributed by atoms with Crippen molar-refractivity contribution in [2.24, 2.45) is 0 Å². The molecule has 6 nitrogen and oxygen atoms in total. The first kappa shape index (κ1) is 21.4. The van der Waals surface area contributed by atoms with Gasteiger partial charge in [0.25, 0.3) is 0 Å². The fourth-order valence-corrected chi connectivity index (χ4v) is 0.658. The van der Waals surface area contributed by atoms with Crippen LogP contribution in [0, 0.1) is 0 Å². The molecule has 0 saturated carbocycles. The zero-order valence-corrected chi connectivity index (χ0v) is 12.2. The molecule has 0 N–H and O–H groups in total. The minimum atomic E-state index is -1.58. The Morgan fingerprint density at radius 2 is 1.00 bits per heavy atom. The van der Waals surface area contributed by atoms with Crippen LogP contribution >= 0.6 is 0 Å². The van der Waals surface area contributed by atoms with E-state index in [0.29, 0.717) is 12.8 Å². The van der Waals surface area contributed by atoms with Gasteiger partial charge in [-0.05, 0) is 12.8 Å². The molecule has 0 atom stereocenters. The Kier molecular flexibility index (Phi) is 16.7. The molecular weight excluding hydrogens is 307 g/mol. The molecule has 94 valence electrons. The van der Waals surface area contributed by atoms with Crippen molar-refractivity contribution in [3.8, 4) is 0 Å². The van der Waals surface area contributed by atoms with Crippen LogP contribution in [0.25, 0.3) is 0 Å². The predicted molar refractivity (Wildman–Crippen MR) is 49.8 cm³/mol. The van der Waals surface area contributed by atoms with E-state index in [2.05, 4.69) is 0 Å². The first-order valence-corrected chi connectivity index (χ1v) is 4.85. The number of carboxylic acids is 2. The quantitative estimate of drug-likeness (QED) is 0.534. The SMILES string of the molecule is CCCC(=O)C(=O)[O-].CCCC(=O)C(=O)[O-].[Zr+2]. The Morgan fingerprint density at radius 3 is 1.06 bits per heavy atom. The summed E-state index contributed by atoms with van der Waals surface area (Å²) >= 11 is 0. The molecule has 17 heavy (non-hydrogen) atoms. The van der Waals surface area contributed by atoms with E-state index in [1.807, 2.05) is 0 Å². The second-order valence-corrected chi connectivity index (χ2v) is 2.92. The molecule has 0 aromatic carbocycles. The average Bonchev–Trinajstić information content (AvgIpc) is 2.19. The number of hydrogen-bond donors (Lipinski definition) is 0. The maximum atomic E-state index is 10.1. The van der Waals surface area contributed by atoms with Gasteiger partial charge in [-0.15, -0.1) is 0 Å². The van der Waals surface area contributed by atoms with Crippen molar-refractivity contribution in [3.05, 3.63) is 0 Å². The van der Waals surface area contributed by atoms with E-state index >= 15 is 0 Å². The molecule has 0 aromatic rings. The molecule has 0 unspecified atom stereocenters. The number of carboxylic acid groups (broad SMARTS) is 2. The monoisotopic (exact) mass is 320 g/mol. The van der Waals surface area contributed by atoms with Crippen molar-refractivity contribution < 1.29 is 55.6 Å². The van der Waals surface area contributed by atoms with Gasteiger partial charge in [0.15, 0.2) is 11.6 Å². The molecule has 0 bridgehead atoms. The summed E-state index contributed by atoms with van der Waals surface area (Å²) in [5.74, 6) is -4.78. The van der Waals surface area contributed by atoms with Crippen molar-refractivity contribution >= 4 is 23.5 Å². The summed E-state index contributed by atoms with van der Waals surface area (Å²) < 4.78 is 0.